The van der Waals surface area contributed by atoms with E-state index in [0.717, 1.165) is 36.8 Å². The van der Waals surface area contributed by atoms with Crippen LogP contribution in [0.1, 0.15) is 86.5 Å². The van der Waals surface area contributed by atoms with Gasteiger partial charge in [-0.3, -0.25) is 4.79 Å². The van der Waals surface area contributed by atoms with Gasteiger partial charge in [0.05, 0.1) is 29.8 Å². The Balaban J connectivity index is 1.72. The summed E-state index contributed by atoms with van der Waals surface area (Å²) >= 11 is 0. The first-order chi connectivity index (χ1) is 16.8. The Morgan fingerprint density at radius 3 is 2.53 bits per heavy atom. The van der Waals surface area contributed by atoms with Crippen molar-refractivity contribution in [3.05, 3.63) is 47.6 Å². The normalized spacial score (nSPS) is 35.4. The average molecular weight is 501 g/mol. The van der Waals surface area contributed by atoms with E-state index in [1.165, 1.54) is 12.0 Å². The number of aliphatic hydroxyl groups excluding tert-OH is 3. The first-order valence-corrected chi connectivity index (χ1v) is 13.8. The Morgan fingerprint density at radius 1 is 1.17 bits per heavy atom. The van der Waals surface area contributed by atoms with Crippen LogP contribution in [0.3, 0.4) is 0 Å². The Morgan fingerprint density at radius 2 is 1.86 bits per heavy atom. The van der Waals surface area contributed by atoms with Gasteiger partial charge in [0.2, 0.25) is 0 Å². The topological polar surface area (TPSA) is 87.0 Å². The number of esters is 1. The van der Waals surface area contributed by atoms with Crippen molar-refractivity contribution in [1.82, 2.24) is 0 Å². The second kappa shape index (κ2) is 11.4. The van der Waals surface area contributed by atoms with Crippen molar-refractivity contribution < 1.29 is 24.9 Å². The largest absolute Gasteiger partial charge is 0.462 e. The molecule has 0 aliphatic heterocycles. The smallest absolute Gasteiger partial charge is 0.314 e. The standard InChI is InChI=1S/C31H48O5/c1-19(2)36-29(35)30(5,6)28(34)15-10-20(3)25-13-14-26-22(9-8-16-31(25,26)7)11-12-23-17-24(32)18-27(33)21(23)4/h10-12,15,19-20,24-28,32-34H,4,8-9,13-14,16-18H2,1-3,5-7H3/t20-,24-,25-,26+,27+,28-,31-/m1/s1. The van der Waals surface area contributed by atoms with Crippen molar-refractivity contribution >= 4 is 5.97 Å². The molecule has 0 aromatic rings. The van der Waals surface area contributed by atoms with Crippen molar-refractivity contribution in [2.75, 3.05) is 0 Å². The quantitative estimate of drug-likeness (QED) is 0.310. The summed E-state index contributed by atoms with van der Waals surface area (Å²) in [5.74, 6) is 0.916. The van der Waals surface area contributed by atoms with Gasteiger partial charge in [0.15, 0.2) is 0 Å². The molecule has 0 unspecified atom stereocenters. The molecular formula is C31H48O5. The molecule has 0 heterocycles. The van der Waals surface area contributed by atoms with Gasteiger partial charge in [-0.25, -0.2) is 0 Å². The van der Waals surface area contributed by atoms with Crippen LogP contribution >= 0.6 is 0 Å². The fraction of sp³-hybridized carbons (Fsp3) is 0.710. The van der Waals surface area contributed by atoms with Crippen LogP contribution in [0.25, 0.3) is 0 Å². The molecule has 0 radical (unpaired) electrons. The van der Waals surface area contributed by atoms with Gasteiger partial charge in [-0.1, -0.05) is 50.3 Å². The summed E-state index contributed by atoms with van der Waals surface area (Å²) in [6, 6.07) is 0. The van der Waals surface area contributed by atoms with Gasteiger partial charge in [0, 0.05) is 6.42 Å². The minimum Gasteiger partial charge on any atom is -0.462 e. The van der Waals surface area contributed by atoms with E-state index in [0.29, 0.717) is 24.7 Å². The number of carbonyl (C=O) groups excluding carboxylic acids is 1. The number of rotatable bonds is 7. The second-order valence-electron chi connectivity index (χ2n) is 12.5. The molecule has 7 atom stereocenters. The number of fused-ring (bicyclic) bond motifs is 1. The van der Waals surface area contributed by atoms with E-state index in [2.05, 4.69) is 38.7 Å². The summed E-state index contributed by atoms with van der Waals surface area (Å²) in [5, 5.41) is 31.1. The van der Waals surface area contributed by atoms with Crippen molar-refractivity contribution in [3.8, 4) is 0 Å². The van der Waals surface area contributed by atoms with Crippen LogP contribution in [0.5, 0.6) is 0 Å². The third-order valence-electron chi connectivity index (χ3n) is 9.14. The molecule has 3 fully saturated rings. The first kappa shape index (κ1) is 28.9. The van der Waals surface area contributed by atoms with Crippen molar-refractivity contribution in [2.24, 2.45) is 28.6 Å². The molecule has 0 aromatic heterocycles. The minimum absolute atomic E-state index is 0.186. The number of aliphatic hydroxyl groups is 3. The summed E-state index contributed by atoms with van der Waals surface area (Å²) in [7, 11) is 0. The number of hydrogen-bond donors (Lipinski definition) is 3. The molecule has 0 aromatic carbocycles. The van der Waals surface area contributed by atoms with Gasteiger partial charge in [-0.15, -0.1) is 0 Å². The highest BCUT2D eigenvalue weighted by Crippen LogP contribution is 2.59. The molecule has 3 aliphatic rings. The molecule has 0 spiro atoms. The molecule has 202 valence electrons. The number of carbonyl (C=O) groups is 1. The Hall–Kier alpha value is -1.69. The minimum atomic E-state index is -0.999. The zero-order valence-electron chi connectivity index (χ0n) is 23.2. The summed E-state index contributed by atoms with van der Waals surface area (Å²) in [4.78, 5) is 12.5. The van der Waals surface area contributed by atoms with Crippen molar-refractivity contribution in [3.63, 3.8) is 0 Å². The van der Waals surface area contributed by atoms with Crippen LogP contribution in [0, 0.1) is 28.6 Å². The number of hydrogen-bond acceptors (Lipinski definition) is 5. The van der Waals surface area contributed by atoms with Gasteiger partial charge in [0.1, 0.15) is 0 Å². The van der Waals surface area contributed by atoms with Gasteiger partial charge in [-0.05, 0) is 101 Å². The van der Waals surface area contributed by atoms with E-state index in [9.17, 15) is 20.1 Å². The zero-order chi connectivity index (χ0) is 26.8. The molecular weight excluding hydrogens is 452 g/mol. The Bertz CT molecular complexity index is 910. The summed E-state index contributed by atoms with van der Waals surface area (Å²) < 4.78 is 5.35. The van der Waals surface area contributed by atoms with Crippen LogP contribution in [0.2, 0.25) is 0 Å². The third-order valence-corrected chi connectivity index (χ3v) is 9.14. The number of ether oxygens (including phenoxy) is 1. The molecule has 36 heavy (non-hydrogen) atoms. The molecule has 3 rings (SSSR count). The lowest BCUT2D eigenvalue weighted by Gasteiger charge is -2.44. The lowest BCUT2D eigenvalue weighted by atomic mass is 9.61. The SMILES string of the molecule is C=C1C(=CC=C2CCC[C@]3(C)[C@@H]([C@H](C)C=C[C@@H](O)C(C)(C)C(=O)OC(C)C)CC[C@@H]23)C[C@@H](O)C[C@@H]1O. The monoisotopic (exact) mass is 500 g/mol. The van der Waals surface area contributed by atoms with E-state index in [4.69, 9.17) is 4.74 Å². The molecule has 0 amide bonds. The van der Waals surface area contributed by atoms with Gasteiger partial charge in [0.25, 0.3) is 0 Å². The molecule has 0 saturated heterocycles. The van der Waals surface area contributed by atoms with Crippen LogP contribution in [-0.2, 0) is 9.53 Å². The zero-order valence-corrected chi connectivity index (χ0v) is 23.2. The van der Waals surface area contributed by atoms with Gasteiger partial charge < -0.3 is 20.1 Å². The molecule has 0 bridgehead atoms. The fourth-order valence-electron chi connectivity index (χ4n) is 6.75. The maximum absolute atomic E-state index is 12.5. The van der Waals surface area contributed by atoms with E-state index in [1.807, 2.05) is 13.8 Å². The average Bonchev–Trinajstić information content (AvgIpc) is 3.15. The molecule has 3 aliphatic carbocycles. The van der Waals surface area contributed by atoms with E-state index < -0.39 is 23.7 Å². The third kappa shape index (κ3) is 6.06. The highest BCUT2D eigenvalue weighted by Gasteiger charge is 2.50. The fourth-order valence-corrected chi connectivity index (χ4v) is 6.75. The molecule has 5 heteroatoms. The maximum atomic E-state index is 12.5. The summed E-state index contributed by atoms with van der Waals surface area (Å²) in [5.41, 5.74) is 2.35. The van der Waals surface area contributed by atoms with Crippen LogP contribution < -0.4 is 0 Å². The number of allylic oxidation sites excluding steroid dienone is 4. The van der Waals surface area contributed by atoms with E-state index >= 15 is 0 Å². The van der Waals surface area contributed by atoms with Crippen molar-refractivity contribution in [1.29, 1.82) is 0 Å². The lowest BCUT2D eigenvalue weighted by Crippen LogP contribution is -2.39. The van der Waals surface area contributed by atoms with Crippen LogP contribution in [-0.4, -0.2) is 45.7 Å². The Kier molecular flexibility index (Phi) is 9.12. The maximum Gasteiger partial charge on any atom is 0.314 e. The van der Waals surface area contributed by atoms with Gasteiger partial charge >= 0.3 is 5.97 Å². The summed E-state index contributed by atoms with van der Waals surface area (Å²) in [6.07, 6.45) is 12.6. The predicted molar refractivity (Wildman–Crippen MR) is 144 cm³/mol. The van der Waals surface area contributed by atoms with Gasteiger partial charge in [-0.2, -0.15) is 0 Å². The Labute approximate surface area is 218 Å². The molecule has 5 nitrogen and oxygen atoms in total. The summed E-state index contributed by atoms with van der Waals surface area (Å²) in [6.45, 7) is 15.8. The first-order valence-electron chi connectivity index (χ1n) is 13.8. The van der Waals surface area contributed by atoms with Crippen molar-refractivity contribution in [2.45, 2.75) is 111 Å². The highest BCUT2D eigenvalue weighted by molar-refractivity contribution is 5.77. The van der Waals surface area contributed by atoms with Crippen LogP contribution in [0.4, 0.5) is 0 Å². The van der Waals surface area contributed by atoms with E-state index in [-0.39, 0.29) is 23.4 Å². The van der Waals surface area contributed by atoms with Crippen LogP contribution in [0.15, 0.2) is 47.6 Å². The predicted octanol–water partition coefficient (Wildman–Crippen LogP) is 5.66. The van der Waals surface area contributed by atoms with E-state index in [1.54, 1.807) is 19.9 Å². The highest BCUT2D eigenvalue weighted by atomic mass is 16.5. The lowest BCUT2D eigenvalue weighted by molar-refractivity contribution is -0.162. The molecule has 3 saturated carbocycles. The molecule has 3 N–H and O–H groups in total. The second-order valence-corrected chi connectivity index (χ2v) is 12.5.